The maximum Gasteiger partial charge on any atom is 0.248 e. The quantitative estimate of drug-likeness (QED) is 0.764. The van der Waals surface area contributed by atoms with Crippen molar-refractivity contribution in [1.82, 2.24) is 4.98 Å². The minimum Gasteiger partial charge on any atom is -0.242 e. The van der Waals surface area contributed by atoms with Crippen LogP contribution in [0.3, 0.4) is 0 Å². The average Bonchev–Trinajstić information content (AvgIpc) is 2.31. The third-order valence-corrected chi connectivity index (χ3v) is 6.69. The van der Waals surface area contributed by atoms with Crippen molar-refractivity contribution < 1.29 is 16.8 Å². The highest BCUT2D eigenvalue weighted by Gasteiger charge is 2.33. The van der Waals surface area contributed by atoms with Crippen molar-refractivity contribution >= 4 is 37.3 Å². The van der Waals surface area contributed by atoms with Crippen LogP contribution in [0.15, 0.2) is 18.3 Å². The van der Waals surface area contributed by atoms with E-state index < -0.39 is 20.0 Å². The Balaban J connectivity index is 3.56. The van der Waals surface area contributed by atoms with Crippen LogP contribution in [-0.2, 0) is 20.0 Å². The van der Waals surface area contributed by atoms with Gasteiger partial charge in [-0.1, -0.05) is 11.6 Å². The molecule has 0 unspecified atom stereocenters. The van der Waals surface area contributed by atoms with Crippen molar-refractivity contribution in [1.29, 1.82) is 0 Å². The lowest BCUT2D eigenvalue weighted by Gasteiger charge is -2.22. The molecular formula is C9H13ClN2O4S2. The second-order valence-electron chi connectivity index (χ2n) is 3.31. The molecule has 0 amide bonds. The molecule has 0 radical (unpaired) electrons. The molecule has 1 rings (SSSR count). The van der Waals surface area contributed by atoms with E-state index in [9.17, 15) is 16.8 Å². The Morgan fingerprint density at radius 1 is 1.17 bits per heavy atom. The second-order valence-corrected chi connectivity index (χ2v) is 8.11. The van der Waals surface area contributed by atoms with Crippen LogP contribution in [0, 0.1) is 0 Å². The van der Waals surface area contributed by atoms with Crippen molar-refractivity contribution in [2.45, 2.75) is 13.8 Å². The molecule has 1 heterocycles. The van der Waals surface area contributed by atoms with Gasteiger partial charge in [0.25, 0.3) is 0 Å². The van der Waals surface area contributed by atoms with Crippen molar-refractivity contribution in [3.8, 4) is 0 Å². The summed E-state index contributed by atoms with van der Waals surface area (Å²) >= 11 is 5.76. The Bertz CT molecular complexity index is 594. The molecule has 18 heavy (non-hydrogen) atoms. The predicted molar refractivity (Wildman–Crippen MR) is 70.6 cm³/mol. The Labute approximate surface area is 112 Å². The predicted octanol–water partition coefficient (Wildman–Crippen LogP) is 1.24. The maximum absolute atomic E-state index is 11.9. The van der Waals surface area contributed by atoms with E-state index in [1.54, 1.807) is 0 Å². The van der Waals surface area contributed by atoms with E-state index in [2.05, 4.69) is 4.98 Å². The molecule has 6 nitrogen and oxygen atoms in total. The van der Waals surface area contributed by atoms with Crippen molar-refractivity contribution in [2.24, 2.45) is 0 Å². The molecule has 0 aliphatic carbocycles. The van der Waals surface area contributed by atoms with Gasteiger partial charge in [-0.05, 0) is 26.0 Å². The summed E-state index contributed by atoms with van der Waals surface area (Å²) in [5, 5.41) is -0.174. The number of pyridine rings is 1. The molecule has 0 saturated carbocycles. The summed E-state index contributed by atoms with van der Waals surface area (Å²) in [7, 11) is -7.97. The highest BCUT2D eigenvalue weighted by atomic mass is 35.5. The number of anilines is 1. The number of halogens is 1. The van der Waals surface area contributed by atoms with Gasteiger partial charge in [0, 0.05) is 6.20 Å². The summed E-state index contributed by atoms with van der Waals surface area (Å²) in [6.45, 7) is 2.72. The summed E-state index contributed by atoms with van der Waals surface area (Å²) in [6.07, 6.45) is 1.35. The summed E-state index contributed by atoms with van der Waals surface area (Å²) in [4.78, 5) is 3.69. The van der Waals surface area contributed by atoms with Crippen LogP contribution >= 0.6 is 11.6 Å². The largest absolute Gasteiger partial charge is 0.248 e. The third-order valence-electron chi connectivity index (χ3n) is 2.17. The molecular weight excluding hydrogens is 300 g/mol. The van der Waals surface area contributed by atoms with E-state index >= 15 is 0 Å². The summed E-state index contributed by atoms with van der Waals surface area (Å²) in [5.41, 5.74) is -0.150. The fourth-order valence-electron chi connectivity index (χ4n) is 1.22. The average molecular weight is 313 g/mol. The molecule has 9 heteroatoms. The van der Waals surface area contributed by atoms with Crippen molar-refractivity contribution in [3.05, 3.63) is 23.5 Å². The fourth-order valence-corrected chi connectivity index (χ4v) is 4.90. The molecule has 0 fully saturated rings. The number of hydrogen-bond donors (Lipinski definition) is 0. The number of hydrogen-bond acceptors (Lipinski definition) is 5. The van der Waals surface area contributed by atoms with Crippen LogP contribution in [-0.4, -0.2) is 33.3 Å². The van der Waals surface area contributed by atoms with E-state index in [-0.39, 0.29) is 22.3 Å². The summed E-state index contributed by atoms with van der Waals surface area (Å²) in [6, 6.07) is 2.72. The van der Waals surface area contributed by atoms with Crippen LogP contribution in [0.2, 0.25) is 5.15 Å². The molecule has 0 aliphatic rings. The highest BCUT2D eigenvalue weighted by molar-refractivity contribution is 8.10. The van der Waals surface area contributed by atoms with Crippen LogP contribution in [0.5, 0.6) is 0 Å². The number of sulfonamides is 2. The van der Waals surface area contributed by atoms with Crippen molar-refractivity contribution in [3.63, 3.8) is 0 Å². The number of aromatic nitrogens is 1. The molecule has 0 aromatic carbocycles. The standard InChI is InChI=1S/C9H13ClN2O4S2/c1-3-17(13,14)12(18(15,16)4-2)8-6-5-7-11-9(8)10/h5-7H,3-4H2,1-2H3. The SMILES string of the molecule is CCS(=O)(=O)N(c1cccnc1Cl)S(=O)(=O)CC. The first-order valence-electron chi connectivity index (χ1n) is 5.12. The Kier molecular flexibility index (Phi) is 4.57. The van der Waals surface area contributed by atoms with Crippen molar-refractivity contribution in [2.75, 3.05) is 15.2 Å². The van der Waals surface area contributed by atoms with Gasteiger partial charge in [0.05, 0.1) is 11.5 Å². The monoisotopic (exact) mass is 312 g/mol. The zero-order valence-electron chi connectivity index (χ0n) is 9.87. The van der Waals surface area contributed by atoms with Crippen LogP contribution < -0.4 is 3.71 Å². The molecule has 1 aromatic heterocycles. The maximum atomic E-state index is 11.9. The smallest absolute Gasteiger partial charge is 0.242 e. The zero-order valence-corrected chi connectivity index (χ0v) is 12.3. The van der Waals surface area contributed by atoms with E-state index in [0.717, 1.165) is 0 Å². The first-order valence-corrected chi connectivity index (χ1v) is 8.72. The molecule has 102 valence electrons. The Morgan fingerprint density at radius 3 is 2.06 bits per heavy atom. The second kappa shape index (κ2) is 5.41. The van der Waals surface area contributed by atoms with Gasteiger partial charge >= 0.3 is 0 Å². The van der Waals surface area contributed by atoms with E-state index in [1.807, 2.05) is 0 Å². The van der Waals surface area contributed by atoms with Gasteiger partial charge in [-0.3, -0.25) is 0 Å². The lowest BCUT2D eigenvalue weighted by Crippen LogP contribution is -2.39. The van der Waals surface area contributed by atoms with Gasteiger partial charge in [0.1, 0.15) is 5.69 Å². The van der Waals surface area contributed by atoms with Gasteiger partial charge in [0.15, 0.2) is 5.15 Å². The molecule has 0 bridgehead atoms. The van der Waals surface area contributed by atoms with E-state index in [4.69, 9.17) is 11.6 Å². The lowest BCUT2D eigenvalue weighted by molar-refractivity contribution is 0.585. The molecule has 0 spiro atoms. The minimum absolute atomic E-state index is 0.150. The van der Waals surface area contributed by atoms with Crippen LogP contribution in [0.1, 0.15) is 13.8 Å². The van der Waals surface area contributed by atoms with E-state index in [0.29, 0.717) is 3.71 Å². The molecule has 0 saturated heterocycles. The topological polar surface area (TPSA) is 84.4 Å². The third kappa shape index (κ3) is 2.93. The zero-order chi connectivity index (χ0) is 14.0. The number of rotatable bonds is 5. The number of nitrogens with zero attached hydrogens (tertiary/aromatic N) is 2. The molecule has 1 aromatic rings. The van der Waals surface area contributed by atoms with Gasteiger partial charge in [-0.2, -0.15) is 3.71 Å². The van der Waals surface area contributed by atoms with Gasteiger partial charge in [-0.25, -0.2) is 21.8 Å². The Hall–Kier alpha value is -0.860. The highest BCUT2D eigenvalue weighted by Crippen LogP contribution is 2.28. The Morgan fingerprint density at radius 2 is 1.67 bits per heavy atom. The fraction of sp³-hybridized carbons (Fsp3) is 0.444. The van der Waals surface area contributed by atoms with Gasteiger partial charge in [0.2, 0.25) is 20.0 Å². The first kappa shape index (κ1) is 15.2. The molecule has 0 atom stereocenters. The van der Waals surface area contributed by atoms with Crippen LogP contribution in [0.4, 0.5) is 5.69 Å². The first-order chi connectivity index (χ1) is 8.26. The van der Waals surface area contributed by atoms with Gasteiger partial charge in [-0.15, -0.1) is 0 Å². The summed E-state index contributed by atoms with van der Waals surface area (Å²) in [5.74, 6) is -0.699. The molecule has 0 N–H and O–H groups in total. The van der Waals surface area contributed by atoms with E-state index in [1.165, 1.54) is 32.2 Å². The summed E-state index contributed by atoms with van der Waals surface area (Å²) < 4.78 is 48.0. The minimum atomic E-state index is -3.98. The van der Waals surface area contributed by atoms with Crippen LogP contribution in [0.25, 0.3) is 0 Å². The normalized spacial score (nSPS) is 12.4. The lowest BCUT2D eigenvalue weighted by atomic mass is 10.4. The molecule has 0 aliphatic heterocycles. The van der Waals surface area contributed by atoms with Gasteiger partial charge < -0.3 is 0 Å².